The van der Waals surface area contributed by atoms with Crippen LogP contribution in [0.5, 0.6) is 0 Å². The Balaban J connectivity index is 2.07. The third-order valence-electron chi connectivity index (χ3n) is 5.73. The van der Waals surface area contributed by atoms with Crippen LogP contribution in [0, 0.1) is 11.3 Å². The molecule has 0 saturated heterocycles. The standard InChI is InChI=1S/C21H28O4Si/c1-5-24-19(22)21(20(23)25-6-2)12-16-14-26(3,4)18(17(16)13-21)15-10-8-7-9-11-15/h7-11,16H,5-6,12-14H2,1-4H3. The van der Waals surface area contributed by atoms with Crippen molar-refractivity contribution in [1.82, 2.24) is 0 Å². The van der Waals surface area contributed by atoms with Crippen LogP contribution in [-0.2, 0) is 19.1 Å². The predicted octanol–water partition coefficient (Wildman–Crippen LogP) is 4.22. The van der Waals surface area contributed by atoms with E-state index < -0.39 is 25.4 Å². The van der Waals surface area contributed by atoms with Gasteiger partial charge in [-0.25, -0.2) is 0 Å². The van der Waals surface area contributed by atoms with Crippen molar-refractivity contribution in [2.75, 3.05) is 13.2 Å². The highest BCUT2D eigenvalue weighted by atomic mass is 28.3. The minimum atomic E-state index is -1.60. The summed E-state index contributed by atoms with van der Waals surface area (Å²) in [7, 11) is -1.60. The molecule has 1 aliphatic carbocycles. The molecule has 1 saturated carbocycles. The zero-order valence-corrected chi connectivity index (χ0v) is 17.1. The molecule has 0 aromatic heterocycles. The highest BCUT2D eigenvalue weighted by Crippen LogP contribution is 2.58. The lowest BCUT2D eigenvalue weighted by Crippen LogP contribution is -2.41. The average Bonchev–Trinajstić information content (AvgIpc) is 3.06. The highest BCUT2D eigenvalue weighted by molar-refractivity contribution is 6.95. The summed E-state index contributed by atoms with van der Waals surface area (Å²) >= 11 is 0. The molecule has 0 radical (unpaired) electrons. The van der Waals surface area contributed by atoms with Gasteiger partial charge in [-0.05, 0) is 44.2 Å². The second-order valence-electron chi connectivity index (χ2n) is 7.96. The van der Waals surface area contributed by atoms with E-state index in [1.807, 2.05) is 6.07 Å². The van der Waals surface area contributed by atoms with Crippen LogP contribution >= 0.6 is 0 Å². The Morgan fingerprint density at radius 1 is 1.08 bits per heavy atom. The van der Waals surface area contributed by atoms with E-state index in [4.69, 9.17) is 9.47 Å². The zero-order chi connectivity index (χ0) is 18.9. The van der Waals surface area contributed by atoms with Crippen molar-refractivity contribution in [2.24, 2.45) is 11.3 Å². The molecule has 1 aliphatic heterocycles. The van der Waals surface area contributed by atoms with Gasteiger partial charge in [0.25, 0.3) is 0 Å². The van der Waals surface area contributed by atoms with Crippen LogP contribution in [0.1, 0.15) is 32.3 Å². The second kappa shape index (κ2) is 7.03. The van der Waals surface area contributed by atoms with Crippen molar-refractivity contribution in [3.05, 3.63) is 41.5 Å². The summed E-state index contributed by atoms with van der Waals surface area (Å²) < 4.78 is 10.6. The first kappa shape index (κ1) is 18.9. The summed E-state index contributed by atoms with van der Waals surface area (Å²) in [5, 5.41) is 1.42. The lowest BCUT2D eigenvalue weighted by molar-refractivity contribution is -0.171. The molecule has 3 rings (SSSR count). The van der Waals surface area contributed by atoms with Crippen molar-refractivity contribution in [3.8, 4) is 0 Å². The van der Waals surface area contributed by atoms with Gasteiger partial charge in [0.15, 0.2) is 5.41 Å². The Morgan fingerprint density at radius 3 is 2.19 bits per heavy atom. The molecule has 0 bridgehead atoms. The molecular formula is C21H28O4Si. The van der Waals surface area contributed by atoms with Crippen LogP contribution in [0.15, 0.2) is 35.9 Å². The maximum atomic E-state index is 12.8. The quantitative estimate of drug-likeness (QED) is 0.441. The third kappa shape index (κ3) is 3.02. The second-order valence-corrected chi connectivity index (χ2v) is 12.6. The Morgan fingerprint density at radius 2 is 1.65 bits per heavy atom. The highest BCUT2D eigenvalue weighted by Gasteiger charge is 2.59. The van der Waals surface area contributed by atoms with Crippen molar-refractivity contribution < 1.29 is 19.1 Å². The molecule has 1 aromatic carbocycles. The smallest absolute Gasteiger partial charge is 0.323 e. The maximum Gasteiger partial charge on any atom is 0.323 e. The number of allylic oxidation sites excluding steroid dienone is 1. The number of rotatable bonds is 5. The minimum Gasteiger partial charge on any atom is -0.465 e. The first-order valence-electron chi connectivity index (χ1n) is 9.49. The van der Waals surface area contributed by atoms with E-state index in [1.54, 1.807) is 13.8 Å². The van der Waals surface area contributed by atoms with E-state index in [9.17, 15) is 9.59 Å². The van der Waals surface area contributed by atoms with Gasteiger partial charge in [0.2, 0.25) is 0 Å². The van der Waals surface area contributed by atoms with Gasteiger partial charge in [-0.15, -0.1) is 0 Å². The van der Waals surface area contributed by atoms with Gasteiger partial charge in [0, 0.05) is 0 Å². The molecule has 1 atom stereocenters. The normalized spacial score (nSPS) is 22.8. The van der Waals surface area contributed by atoms with E-state index in [0.717, 1.165) is 6.04 Å². The van der Waals surface area contributed by atoms with Crippen molar-refractivity contribution in [1.29, 1.82) is 0 Å². The van der Waals surface area contributed by atoms with E-state index >= 15 is 0 Å². The van der Waals surface area contributed by atoms with Crippen LogP contribution in [-0.4, -0.2) is 33.2 Å². The number of carbonyl (C=O) groups is 2. The Labute approximate surface area is 156 Å². The van der Waals surface area contributed by atoms with Crippen molar-refractivity contribution in [2.45, 2.75) is 45.8 Å². The monoisotopic (exact) mass is 372 g/mol. The maximum absolute atomic E-state index is 12.8. The number of esters is 2. The molecular weight excluding hydrogens is 344 g/mol. The Hall–Kier alpha value is -1.88. The van der Waals surface area contributed by atoms with Gasteiger partial charge in [0.1, 0.15) is 0 Å². The molecule has 4 nitrogen and oxygen atoms in total. The Kier molecular flexibility index (Phi) is 5.11. The number of benzene rings is 1. The zero-order valence-electron chi connectivity index (χ0n) is 16.1. The number of hydrogen-bond donors (Lipinski definition) is 0. The number of fused-ring (bicyclic) bond motifs is 1. The summed E-state index contributed by atoms with van der Waals surface area (Å²) in [5.74, 6) is -0.569. The van der Waals surface area contributed by atoms with Crippen LogP contribution in [0.4, 0.5) is 0 Å². The van der Waals surface area contributed by atoms with Crippen molar-refractivity contribution in [3.63, 3.8) is 0 Å². The molecule has 2 aliphatic rings. The molecule has 140 valence electrons. The van der Waals surface area contributed by atoms with Gasteiger partial charge in [0.05, 0.1) is 21.3 Å². The fraction of sp³-hybridized carbons (Fsp3) is 0.524. The summed E-state index contributed by atoms with van der Waals surface area (Å²) in [6.45, 7) is 8.87. The number of hydrogen-bond acceptors (Lipinski definition) is 4. The topological polar surface area (TPSA) is 52.6 Å². The van der Waals surface area contributed by atoms with Gasteiger partial charge < -0.3 is 9.47 Å². The van der Waals surface area contributed by atoms with Gasteiger partial charge in [-0.2, -0.15) is 0 Å². The molecule has 1 fully saturated rings. The van der Waals surface area contributed by atoms with Crippen molar-refractivity contribution >= 4 is 25.2 Å². The summed E-state index contributed by atoms with van der Waals surface area (Å²) in [6, 6.07) is 11.5. The molecule has 0 N–H and O–H groups in total. The van der Waals surface area contributed by atoms with Gasteiger partial charge in [-0.1, -0.05) is 54.2 Å². The summed E-state index contributed by atoms with van der Waals surface area (Å²) in [6.07, 6.45) is 0.961. The molecule has 1 unspecified atom stereocenters. The molecule has 5 heteroatoms. The predicted molar refractivity (Wildman–Crippen MR) is 104 cm³/mol. The van der Waals surface area contributed by atoms with Gasteiger partial charge >= 0.3 is 11.9 Å². The van der Waals surface area contributed by atoms with E-state index in [0.29, 0.717) is 12.8 Å². The third-order valence-corrected chi connectivity index (χ3v) is 9.21. The van der Waals surface area contributed by atoms with Gasteiger partial charge in [-0.3, -0.25) is 9.59 Å². The van der Waals surface area contributed by atoms with Crippen LogP contribution in [0.2, 0.25) is 19.1 Å². The Bertz CT molecular complexity index is 718. The summed E-state index contributed by atoms with van der Waals surface area (Å²) in [5.41, 5.74) is 1.36. The van der Waals surface area contributed by atoms with E-state index in [2.05, 4.69) is 37.4 Å². The van der Waals surface area contributed by atoms with E-state index in [1.165, 1.54) is 16.3 Å². The largest absolute Gasteiger partial charge is 0.465 e. The lowest BCUT2D eigenvalue weighted by atomic mass is 9.85. The average molecular weight is 373 g/mol. The van der Waals surface area contributed by atoms with Crippen LogP contribution < -0.4 is 0 Å². The lowest BCUT2D eigenvalue weighted by Gasteiger charge is -2.28. The molecule has 1 aromatic rings. The first-order valence-corrected chi connectivity index (χ1v) is 12.7. The van der Waals surface area contributed by atoms with E-state index in [-0.39, 0.29) is 19.1 Å². The molecule has 0 amide bonds. The number of ether oxygens (including phenoxy) is 2. The summed E-state index contributed by atoms with van der Waals surface area (Å²) in [4.78, 5) is 25.6. The van der Waals surface area contributed by atoms with Crippen LogP contribution in [0.25, 0.3) is 5.20 Å². The first-order chi connectivity index (χ1) is 12.4. The fourth-order valence-electron chi connectivity index (χ4n) is 4.84. The minimum absolute atomic E-state index is 0.273. The fourth-order valence-corrected chi connectivity index (χ4v) is 8.78. The molecule has 1 heterocycles. The number of carbonyl (C=O) groups excluding carboxylic acids is 2. The SMILES string of the molecule is CCOC(=O)C1(C(=O)OCC)CC2=C(c3ccccc3)[Si](C)(C)CC2C1. The van der Waals surface area contributed by atoms with Crippen LogP contribution in [0.3, 0.4) is 0 Å². The molecule has 26 heavy (non-hydrogen) atoms. The molecule has 0 spiro atoms.